The van der Waals surface area contributed by atoms with E-state index < -0.39 is 8.32 Å². The van der Waals surface area contributed by atoms with Crippen LogP contribution in [0.25, 0.3) is 0 Å². The summed E-state index contributed by atoms with van der Waals surface area (Å²) < 4.78 is 6.15. The van der Waals surface area contributed by atoms with Crippen LogP contribution in [0.1, 0.15) is 20.8 Å². The molecule has 0 unspecified atom stereocenters. The minimum atomic E-state index is -1.62. The Morgan fingerprint density at radius 2 is 2.00 bits per heavy atom. The molecule has 1 rings (SSSR count). The van der Waals surface area contributed by atoms with Crippen LogP contribution in [0.4, 0.5) is 0 Å². The van der Waals surface area contributed by atoms with E-state index in [1.54, 1.807) is 11.8 Å². The van der Waals surface area contributed by atoms with Crippen LogP contribution in [0.15, 0.2) is 23.3 Å². The molecular weight excluding hydrogens is 208 g/mol. The van der Waals surface area contributed by atoms with Gasteiger partial charge in [-0.15, -0.1) is 0 Å². The highest BCUT2D eigenvalue weighted by Crippen LogP contribution is 2.39. The predicted molar refractivity (Wildman–Crippen MR) is 68.0 cm³/mol. The van der Waals surface area contributed by atoms with Crippen LogP contribution < -0.4 is 0 Å². The molecule has 0 saturated carbocycles. The first-order valence-electron chi connectivity index (χ1n) is 5.01. The molecule has 0 fully saturated rings. The normalized spacial score (nSPS) is 17.9. The molecule has 0 aromatic carbocycles. The van der Waals surface area contributed by atoms with Crippen molar-refractivity contribution in [2.24, 2.45) is 0 Å². The Morgan fingerprint density at radius 3 is 2.43 bits per heavy atom. The molecule has 1 aliphatic heterocycles. The maximum Gasteiger partial charge on any atom is 0.251 e. The van der Waals surface area contributed by atoms with Gasteiger partial charge in [0.25, 0.3) is 8.32 Å². The molecule has 1 aliphatic rings. The molecule has 0 N–H and O–H groups in total. The van der Waals surface area contributed by atoms with Gasteiger partial charge in [0.05, 0.1) is 0 Å². The van der Waals surface area contributed by atoms with Gasteiger partial charge >= 0.3 is 0 Å². The number of hydrogen-bond donors (Lipinski definition) is 0. The largest absolute Gasteiger partial charge is 0.539 e. The Labute approximate surface area is 92.7 Å². The molecule has 0 saturated heterocycles. The summed E-state index contributed by atoms with van der Waals surface area (Å²) in [7, 11) is -1.62. The second-order valence-electron chi connectivity index (χ2n) is 5.09. The van der Waals surface area contributed by atoms with Gasteiger partial charge in [-0.3, -0.25) is 0 Å². The SMILES string of the molecule is CC(C)(C)[Si](C)(C)OC1=CC=CCS1. The number of thioether (sulfide) groups is 1. The van der Waals surface area contributed by atoms with Crippen LogP contribution in [0, 0.1) is 0 Å². The molecule has 0 spiro atoms. The Hall–Kier alpha value is -0.153. The van der Waals surface area contributed by atoms with Crippen molar-refractivity contribution in [3.63, 3.8) is 0 Å². The summed E-state index contributed by atoms with van der Waals surface area (Å²) in [6, 6.07) is 0. The number of rotatable bonds is 2. The first-order valence-corrected chi connectivity index (χ1v) is 8.91. The predicted octanol–water partition coefficient (Wildman–Crippen LogP) is 4.15. The number of allylic oxidation sites excluding steroid dienone is 2. The lowest BCUT2D eigenvalue weighted by Gasteiger charge is -2.37. The van der Waals surface area contributed by atoms with Gasteiger partial charge in [0.15, 0.2) is 0 Å². The smallest absolute Gasteiger partial charge is 0.251 e. The van der Waals surface area contributed by atoms with Gasteiger partial charge < -0.3 is 4.43 Å². The summed E-state index contributed by atoms with van der Waals surface area (Å²) in [5, 5.41) is 1.38. The first kappa shape index (κ1) is 11.9. The Morgan fingerprint density at radius 1 is 1.36 bits per heavy atom. The molecule has 0 amide bonds. The van der Waals surface area contributed by atoms with Crippen molar-refractivity contribution in [2.75, 3.05) is 5.75 Å². The third-order valence-electron chi connectivity index (χ3n) is 2.85. The Balaban J connectivity index is 2.67. The average molecular weight is 228 g/mol. The van der Waals surface area contributed by atoms with Gasteiger partial charge in [0.1, 0.15) is 5.09 Å². The van der Waals surface area contributed by atoms with Crippen LogP contribution in [-0.2, 0) is 4.43 Å². The molecule has 1 heterocycles. The molecule has 0 atom stereocenters. The fourth-order valence-corrected chi connectivity index (χ4v) is 3.13. The summed E-state index contributed by atoms with van der Waals surface area (Å²) in [4.78, 5) is 0. The zero-order valence-corrected chi connectivity index (χ0v) is 11.6. The van der Waals surface area contributed by atoms with Crippen molar-refractivity contribution in [1.29, 1.82) is 0 Å². The maximum atomic E-state index is 6.15. The third kappa shape index (κ3) is 2.92. The lowest BCUT2D eigenvalue weighted by Crippen LogP contribution is -2.40. The van der Waals surface area contributed by atoms with Gasteiger partial charge in [-0.05, 0) is 24.2 Å². The monoisotopic (exact) mass is 228 g/mol. The van der Waals surface area contributed by atoms with Crippen LogP contribution in [-0.4, -0.2) is 14.1 Å². The summed E-state index contributed by atoms with van der Waals surface area (Å²) in [5.74, 6) is 1.04. The third-order valence-corrected chi connectivity index (χ3v) is 8.21. The van der Waals surface area contributed by atoms with Crippen molar-refractivity contribution < 1.29 is 4.43 Å². The Kier molecular flexibility index (Phi) is 3.53. The van der Waals surface area contributed by atoms with E-state index in [0.717, 1.165) is 10.8 Å². The summed E-state index contributed by atoms with van der Waals surface area (Å²) in [6.07, 6.45) is 6.32. The van der Waals surface area contributed by atoms with Crippen LogP contribution in [0.3, 0.4) is 0 Å². The van der Waals surface area contributed by atoms with Crippen molar-refractivity contribution in [1.82, 2.24) is 0 Å². The molecule has 0 radical (unpaired) electrons. The highest BCUT2D eigenvalue weighted by atomic mass is 32.2. The molecule has 0 aliphatic carbocycles. The topological polar surface area (TPSA) is 9.23 Å². The fourth-order valence-electron chi connectivity index (χ4n) is 0.849. The highest BCUT2D eigenvalue weighted by molar-refractivity contribution is 8.03. The standard InChI is InChI=1S/C11H20OSSi/c1-11(2,3)14(4,5)12-10-8-6-7-9-13-10/h6-8H,9H2,1-5H3. The van der Waals surface area contributed by atoms with Crippen LogP contribution in [0.2, 0.25) is 18.1 Å². The Bertz CT molecular complexity index is 261. The van der Waals surface area contributed by atoms with Crippen LogP contribution >= 0.6 is 11.8 Å². The van der Waals surface area contributed by atoms with E-state index in [1.807, 2.05) is 0 Å². The van der Waals surface area contributed by atoms with E-state index in [-0.39, 0.29) is 5.04 Å². The van der Waals surface area contributed by atoms with Crippen molar-refractivity contribution in [3.8, 4) is 0 Å². The van der Waals surface area contributed by atoms with E-state index in [9.17, 15) is 0 Å². The lowest BCUT2D eigenvalue weighted by molar-refractivity contribution is 0.417. The molecule has 3 heteroatoms. The van der Waals surface area contributed by atoms with E-state index >= 15 is 0 Å². The van der Waals surface area contributed by atoms with Gasteiger partial charge in [-0.25, -0.2) is 0 Å². The molecule has 80 valence electrons. The van der Waals surface area contributed by atoms with Crippen molar-refractivity contribution >= 4 is 20.1 Å². The average Bonchev–Trinajstić information content (AvgIpc) is 2.03. The van der Waals surface area contributed by atoms with E-state index in [2.05, 4.69) is 52.1 Å². The van der Waals surface area contributed by atoms with E-state index in [0.29, 0.717) is 0 Å². The van der Waals surface area contributed by atoms with Gasteiger partial charge in [0.2, 0.25) is 0 Å². The lowest BCUT2D eigenvalue weighted by atomic mass is 10.2. The summed E-state index contributed by atoms with van der Waals surface area (Å²) >= 11 is 1.79. The zero-order valence-electron chi connectivity index (χ0n) is 9.76. The van der Waals surface area contributed by atoms with Gasteiger partial charge in [-0.2, -0.15) is 0 Å². The first-order chi connectivity index (χ1) is 6.33. The molecule has 0 aromatic rings. The summed E-state index contributed by atoms with van der Waals surface area (Å²) in [5.41, 5.74) is 0. The van der Waals surface area contributed by atoms with Gasteiger partial charge in [0, 0.05) is 5.75 Å². The van der Waals surface area contributed by atoms with E-state index in [1.165, 1.54) is 0 Å². The maximum absolute atomic E-state index is 6.15. The molecule has 0 bridgehead atoms. The second kappa shape index (κ2) is 4.15. The molecule has 1 nitrogen and oxygen atoms in total. The fraction of sp³-hybridized carbons (Fsp3) is 0.636. The minimum absolute atomic E-state index is 0.287. The molecular formula is C11H20OSSi. The van der Waals surface area contributed by atoms with Gasteiger partial charge in [-0.1, -0.05) is 44.7 Å². The second-order valence-corrected chi connectivity index (χ2v) is 10.8. The summed E-state index contributed by atoms with van der Waals surface area (Å²) in [6.45, 7) is 11.4. The molecule has 14 heavy (non-hydrogen) atoms. The number of hydrogen-bond acceptors (Lipinski definition) is 2. The van der Waals surface area contributed by atoms with Crippen molar-refractivity contribution in [2.45, 2.75) is 38.9 Å². The minimum Gasteiger partial charge on any atom is -0.539 e. The van der Waals surface area contributed by atoms with Crippen LogP contribution in [0.5, 0.6) is 0 Å². The zero-order chi connectivity index (χ0) is 10.8. The molecule has 0 aromatic heterocycles. The quantitative estimate of drug-likeness (QED) is 0.657. The van der Waals surface area contributed by atoms with E-state index in [4.69, 9.17) is 4.43 Å². The van der Waals surface area contributed by atoms with Crippen molar-refractivity contribution in [3.05, 3.63) is 23.3 Å². The highest BCUT2D eigenvalue weighted by Gasteiger charge is 2.39.